The van der Waals surface area contributed by atoms with Gasteiger partial charge < -0.3 is 20.0 Å². The summed E-state index contributed by atoms with van der Waals surface area (Å²) in [5, 5.41) is 9.34. The number of likely N-dealkylation sites (tertiary alicyclic amines) is 1. The monoisotopic (exact) mass is 296 g/mol. The maximum absolute atomic E-state index is 12.0. The molecule has 116 valence electrons. The van der Waals surface area contributed by atoms with E-state index in [1.807, 2.05) is 0 Å². The van der Waals surface area contributed by atoms with Crippen LogP contribution in [-0.4, -0.2) is 40.3 Å². The van der Waals surface area contributed by atoms with Crippen LogP contribution in [0, 0.1) is 5.92 Å². The van der Waals surface area contributed by atoms with Crippen molar-refractivity contribution in [2.24, 2.45) is 11.7 Å². The Labute approximate surface area is 122 Å². The van der Waals surface area contributed by atoms with E-state index in [2.05, 4.69) is 0 Å². The van der Waals surface area contributed by atoms with Crippen LogP contribution in [0.15, 0.2) is 22.8 Å². The number of hydrogen-bond acceptors (Lipinski definition) is 6. The van der Waals surface area contributed by atoms with Gasteiger partial charge in [0.2, 0.25) is 0 Å². The van der Waals surface area contributed by atoms with Gasteiger partial charge in [-0.2, -0.15) is 0 Å². The SMILES string of the molecule is CC(C)(C)OC(=O)[C@@H]1CN([C@@H](C(=O)O)c2ccco2)[C@H]1N. The number of aliphatic carboxylic acids is 1. The lowest BCUT2D eigenvalue weighted by molar-refractivity contribution is -0.177. The summed E-state index contributed by atoms with van der Waals surface area (Å²) in [5.74, 6) is -1.71. The number of rotatable bonds is 4. The summed E-state index contributed by atoms with van der Waals surface area (Å²) in [4.78, 5) is 24.9. The van der Waals surface area contributed by atoms with Gasteiger partial charge in [-0.25, -0.2) is 0 Å². The van der Waals surface area contributed by atoms with Crippen LogP contribution in [0.4, 0.5) is 0 Å². The van der Waals surface area contributed by atoms with E-state index in [1.54, 1.807) is 32.9 Å². The summed E-state index contributed by atoms with van der Waals surface area (Å²) < 4.78 is 10.4. The zero-order valence-corrected chi connectivity index (χ0v) is 12.3. The van der Waals surface area contributed by atoms with Gasteiger partial charge >= 0.3 is 11.9 Å². The Bertz CT molecular complexity index is 520. The number of carboxylic acids is 1. The van der Waals surface area contributed by atoms with E-state index in [4.69, 9.17) is 14.9 Å². The molecule has 0 unspecified atom stereocenters. The molecule has 0 spiro atoms. The van der Waals surface area contributed by atoms with E-state index in [9.17, 15) is 14.7 Å². The van der Waals surface area contributed by atoms with Gasteiger partial charge in [-0.3, -0.25) is 14.5 Å². The summed E-state index contributed by atoms with van der Waals surface area (Å²) in [6, 6.07) is 2.20. The maximum atomic E-state index is 12.0. The van der Waals surface area contributed by atoms with Crippen molar-refractivity contribution in [2.75, 3.05) is 6.54 Å². The zero-order chi connectivity index (χ0) is 15.8. The van der Waals surface area contributed by atoms with E-state index in [1.165, 1.54) is 11.2 Å². The molecular weight excluding hydrogens is 276 g/mol. The fourth-order valence-corrected chi connectivity index (χ4v) is 2.29. The maximum Gasteiger partial charge on any atom is 0.328 e. The number of nitrogens with two attached hydrogens (primary N) is 1. The number of ether oxygens (including phenoxy) is 1. The van der Waals surface area contributed by atoms with E-state index in [0.717, 1.165) is 0 Å². The third-order valence-corrected chi connectivity index (χ3v) is 3.29. The van der Waals surface area contributed by atoms with Gasteiger partial charge in [0.1, 0.15) is 11.4 Å². The van der Waals surface area contributed by atoms with Crippen molar-refractivity contribution in [3.63, 3.8) is 0 Å². The van der Waals surface area contributed by atoms with Crippen molar-refractivity contribution in [1.29, 1.82) is 0 Å². The molecule has 3 atom stereocenters. The lowest BCUT2D eigenvalue weighted by atomic mass is 9.92. The first-order valence-corrected chi connectivity index (χ1v) is 6.71. The molecule has 1 saturated heterocycles. The second-order valence-electron chi connectivity index (χ2n) is 6.08. The molecule has 0 aliphatic carbocycles. The van der Waals surface area contributed by atoms with Crippen LogP contribution in [0.5, 0.6) is 0 Å². The highest BCUT2D eigenvalue weighted by atomic mass is 16.6. The molecule has 0 amide bonds. The largest absolute Gasteiger partial charge is 0.480 e. The Hall–Kier alpha value is -1.86. The molecular formula is C14H20N2O5. The van der Waals surface area contributed by atoms with Crippen molar-refractivity contribution in [1.82, 2.24) is 4.90 Å². The zero-order valence-electron chi connectivity index (χ0n) is 12.3. The van der Waals surface area contributed by atoms with Crippen LogP contribution in [0.1, 0.15) is 32.6 Å². The number of carbonyl (C=O) groups is 2. The van der Waals surface area contributed by atoms with E-state index in [-0.39, 0.29) is 6.54 Å². The fraction of sp³-hybridized carbons (Fsp3) is 0.571. The molecule has 0 aromatic carbocycles. The van der Waals surface area contributed by atoms with Gasteiger partial charge in [-0.1, -0.05) is 0 Å². The molecule has 0 radical (unpaired) electrons. The normalized spacial score (nSPS) is 24.2. The van der Waals surface area contributed by atoms with Crippen molar-refractivity contribution in [3.05, 3.63) is 24.2 Å². The average molecular weight is 296 g/mol. The average Bonchev–Trinajstić information content (AvgIpc) is 2.83. The van der Waals surface area contributed by atoms with Gasteiger partial charge in [-0.05, 0) is 32.9 Å². The molecule has 0 saturated carbocycles. The number of esters is 1. The van der Waals surface area contributed by atoms with Crippen LogP contribution >= 0.6 is 0 Å². The molecule has 1 aromatic rings. The second kappa shape index (κ2) is 5.50. The minimum atomic E-state index is -1.07. The predicted molar refractivity (Wildman–Crippen MR) is 73.1 cm³/mol. The second-order valence-corrected chi connectivity index (χ2v) is 6.08. The van der Waals surface area contributed by atoms with Gasteiger partial charge in [0.25, 0.3) is 0 Å². The summed E-state index contributed by atoms with van der Waals surface area (Å²) in [7, 11) is 0. The number of carboxylic acid groups (broad SMARTS) is 1. The van der Waals surface area contributed by atoms with E-state index < -0.39 is 35.7 Å². The highest BCUT2D eigenvalue weighted by molar-refractivity contribution is 5.78. The molecule has 1 aromatic heterocycles. The van der Waals surface area contributed by atoms with Crippen LogP contribution < -0.4 is 5.73 Å². The number of nitrogens with zero attached hydrogens (tertiary/aromatic N) is 1. The molecule has 2 heterocycles. The standard InChI is InChI=1S/C14H20N2O5/c1-14(2,3)21-13(19)8-7-16(11(8)15)10(12(17)18)9-5-4-6-20-9/h4-6,8,10-11H,7,15H2,1-3H3,(H,17,18)/t8-,10-,11-/m1/s1. The third-order valence-electron chi connectivity index (χ3n) is 3.29. The Morgan fingerprint density at radius 3 is 2.62 bits per heavy atom. The summed E-state index contributed by atoms with van der Waals surface area (Å²) in [6.07, 6.45) is 0.702. The minimum Gasteiger partial charge on any atom is -0.480 e. The molecule has 1 aliphatic rings. The smallest absolute Gasteiger partial charge is 0.328 e. The molecule has 7 heteroatoms. The highest BCUT2D eigenvalue weighted by Crippen LogP contribution is 2.33. The Kier molecular flexibility index (Phi) is 4.06. The first-order chi connectivity index (χ1) is 9.70. The topological polar surface area (TPSA) is 106 Å². The van der Waals surface area contributed by atoms with Crippen molar-refractivity contribution in [3.8, 4) is 0 Å². The molecule has 2 rings (SSSR count). The van der Waals surface area contributed by atoms with Gasteiger partial charge in [0, 0.05) is 6.54 Å². The molecule has 1 fully saturated rings. The highest BCUT2D eigenvalue weighted by Gasteiger charge is 2.49. The lowest BCUT2D eigenvalue weighted by Crippen LogP contribution is -2.66. The minimum absolute atomic E-state index is 0.230. The van der Waals surface area contributed by atoms with E-state index >= 15 is 0 Å². The number of hydrogen-bond donors (Lipinski definition) is 2. The van der Waals surface area contributed by atoms with Crippen LogP contribution in [0.2, 0.25) is 0 Å². The van der Waals surface area contributed by atoms with Crippen LogP contribution in [0.25, 0.3) is 0 Å². The first kappa shape index (κ1) is 15.5. The molecule has 1 aliphatic heterocycles. The Morgan fingerprint density at radius 2 is 2.19 bits per heavy atom. The van der Waals surface area contributed by atoms with Gasteiger partial charge in [-0.15, -0.1) is 0 Å². The first-order valence-electron chi connectivity index (χ1n) is 6.71. The predicted octanol–water partition coefficient (Wildman–Crippen LogP) is 0.964. The van der Waals surface area contributed by atoms with Crippen molar-refractivity contribution >= 4 is 11.9 Å². The quantitative estimate of drug-likeness (QED) is 0.797. The molecule has 7 nitrogen and oxygen atoms in total. The van der Waals surface area contributed by atoms with Crippen molar-refractivity contribution in [2.45, 2.75) is 38.6 Å². The van der Waals surface area contributed by atoms with Gasteiger partial charge in [0.15, 0.2) is 6.04 Å². The summed E-state index contributed by atoms with van der Waals surface area (Å²) in [6.45, 7) is 5.55. The summed E-state index contributed by atoms with van der Waals surface area (Å²) in [5.41, 5.74) is 5.36. The molecule has 0 bridgehead atoms. The molecule has 21 heavy (non-hydrogen) atoms. The molecule has 3 N–H and O–H groups in total. The number of furan rings is 1. The Morgan fingerprint density at radius 1 is 1.52 bits per heavy atom. The lowest BCUT2D eigenvalue weighted by Gasteiger charge is -2.47. The van der Waals surface area contributed by atoms with Crippen molar-refractivity contribution < 1.29 is 23.8 Å². The van der Waals surface area contributed by atoms with Crippen LogP contribution in [0.3, 0.4) is 0 Å². The van der Waals surface area contributed by atoms with E-state index in [0.29, 0.717) is 5.76 Å². The van der Waals surface area contributed by atoms with Gasteiger partial charge in [0.05, 0.1) is 18.3 Å². The fourth-order valence-electron chi connectivity index (χ4n) is 2.29. The summed E-state index contributed by atoms with van der Waals surface area (Å²) >= 11 is 0. The number of carbonyl (C=O) groups excluding carboxylic acids is 1. The third kappa shape index (κ3) is 3.25. The Balaban J connectivity index is 2.05. The van der Waals surface area contributed by atoms with Crippen LogP contribution in [-0.2, 0) is 14.3 Å².